The van der Waals surface area contributed by atoms with Crippen LogP contribution in [0.25, 0.3) is 27.9 Å². The first-order valence-electron chi connectivity index (χ1n) is 9.07. The Morgan fingerprint density at radius 1 is 1.14 bits per heavy atom. The molecule has 0 saturated carbocycles. The number of rotatable bonds is 8. The van der Waals surface area contributed by atoms with Gasteiger partial charge >= 0.3 is 5.97 Å². The minimum atomic E-state index is -1.21. The third kappa shape index (κ3) is 4.25. The fraction of sp³-hybridized carbons (Fsp3) is 0.182. The first kappa shape index (κ1) is 20.4. The molecule has 0 bridgehead atoms. The molecule has 3 rings (SSSR count). The molecule has 0 unspecified atom stereocenters. The SMILES string of the molecule is C=Cc1cc(-c2csc(-c3ccc(OCC)c(OCC)c3)n2)cc(C(=O)O)c1O. The van der Waals surface area contributed by atoms with Gasteiger partial charge in [-0.2, -0.15) is 0 Å². The number of hydrogen-bond acceptors (Lipinski definition) is 6. The van der Waals surface area contributed by atoms with Crippen molar-refractivity contribution >= 4 is 23.4 Å². The van der Waals surface area contributed by atoms with Crippen LogP contribution in [-0.2, 0) is 0 Å². The summed E-state index contributed by atoms with van der Waals surface area (Å²) in [4.78, 5) is 16.1. The van der Waals surface area contributed by atoms with Crippen molar-refractivity contribution in [2.24, 2.45) is 0 Å². The molecule has 0 fully saturated rings. The highest BCUT2D eigenvalue weighted by Gasteiger charge is 2.17. The van der Waals surface area contributed by atoms with Crippen molar-refractivity contribution in [1.29, 1.82) is 0 Å². The van der Waals surface area contributed by atoms with Crippen LogP contribution in [0.15, 0.2) is 42.3 Å². The van der Waals surface area contributed by atoms with Crippen LogP contribution in [0.5, 0.6) is 17.2 Å². The number of phenols is 1. The van der Waals surface area contributed by atoms with E-state index in [1.165, 1.54) is 23.5 Å². The summed E-state index contributed by atoms with van der Waals surface area (Å²) in [7, 11) is 0. The molecule has 29 heavy (non-hydrogen) atoms. The van der Waals surface area contributed by atoms with Crippen LogP contribution in [-0.4, -0.2) is 34.4 Å². The van der Waals surface area contributed by atoms with Crippen molar-refractivity contribution in [3.63, 3.8) is 0 Å². The molecule has 2 N–H and O–H groups in total. The number of nitrogens with zero attached hydrogens (tertiary/aromatic N) is 1. The second-order valence-electron chi connectivity index (χ2n) is 6.04. The zero-order valence-corrected chi connectivity index (χ0v) is 17.0. The average molecular weight is 411 g/mol. The number of benzene rings is 2. The fourth-order valence-electron chi connectivity index (χ4n) is 2.85. The molecule has 0 amide bonds. The van der Waals surface area contributed by atoms with E-state index in [-0.39, 0.29) is 11.3 Å². The Hall–Kier alpha value is -3.32. The lowest BCUT2D eigenvalue weighted by atomic mass is 10.0. The van der Waals surface area contributed by atoms with E-state index in [0.717, 1.165) is 10.6 Å². The van der Waals surface area contributed by atoms with Crippen LogP contribution < -0.4 is 9.47 Å². The third-order valence-electron chi connectivity index (χ3n) is 4.18. The second kappa shape index (κ2) is 8.79. The summed E-state index contributed by atoms with van der Waals surface area (Å²) < 4.78 is 11.3. The van der Waals surface area contributed by atoms with Gasteiger partial charge in [0, 0.05) is 22.1 Å². The van der Waals surface area contributed by atoms with E-state index in [1.54, 1.807) is 6.07 Å². The average Bonchev–Trinajstić information content (AvgIpc) is 3.20. The molecular formula is C22H21NO5S. The van der Waals surface area contributed by atoms with Gasteiger partial charge in [0.25, 0.3) is 0 Å². The Morgan fingerprint density at radius 3 is 2.52 bits per heavy atom. The molecule has 0 aliphatic carbocycles. The van der Waals surface area contributed by atoms with Crippen LogP contribution in [0.1, 0.15) is 29.8 Å². The first-order valence-corrected chi connectivity index (χ1v) is 9.95. The maximum Gasteiger partial charge on any atom is 0.339 e. The number of aromatic nitrogens is 1. The Kier molecular flexibility index (Phi) is 6.19. The zero-order valence-electron chi connectivity index (χ0n) is 16.1. The van der Waals surface area contributed by atoms with E-state index in [9.17, 15) is 15.0 Å². The summed E-state index contributed by atoms with van der Waals surface area (Å²) in [6.45, 7) is 8.51. The molecular weight excluding hydrogens is 390 g/mol. The van der Waals surface area contributed by atoms with Crippen molar-refractivity contribution in [2.45, 2.75) is 13.8 Å². The van der Waals surface area contributed by atoms with Gasteiger partial charge in [0.05, 0.1) is 18.9 Å². The molecule has 7 heteroatoms. The number of carbonyl (C=O) groups is 1. The predicted molar refractivity (Wildman–Crippen MR) is 114 cm³/mol. The second-order valence-corrected chi connectivity index (χ2v) is 6.89. The maximum absolute atomic E-state index is 11.4. The lowest BCUT2D eigenvalue weighted by Gasteiger charge is -2.11. The van der Waals surface area contributed by atoms with E-state index in [4.69, 9.17) is 9.47 Å². The summed E-state index contributed by atoms with van der Waals surface area (Å²) in [6.07, 6.45) is 1.42. The Morgan fingerprint density at radius 2 is 1.86 bits per heavy atom. The molecule has 0 aliphatic rings. The number of aromatic hydroxyl groups is 1. The van der Waals surface area contributed by atoms with Gasteiger partial charge in [-0.25, -0.2) is 9.78 Å². The molecule has 0 radical (unpaired) electrons. The standard InChI is InChI=1S/C22H21NO5S/c1-4-13-9-15(10-16(20(13)24)22(25)26)17-12-29-21(23-17)14-7-8-18(27-5-2)19(11-14)28-6-3/h4,7-12,24H,1,5-6H2,2-3H3,(H,25,26). The van der Waals surface area contributed by atoms with Crippen molar-refractivity contribution in [1.82, 2.24) is 4.98 Å². The van der Waals surface area contributed by atoms with E-state index < -0.39 is 5.97 Å². The molecule has 0 atom stereocenters. The monoisotopic (exact) mass is 411 g/mol. The quantitative estimate of drug-likeness (QED) is 0.521. The summed E-state index contributed by atoms with van der Waals surface area (Å²) in [5.41, 5.74) is 2.23. The van der Waals surface area contributed by atoms with Crippen molar-refractivity contribution < 1.29 is 24.5 Å². The molecule has 1 aromatic heterocycles. The van der Waals surface area contributed by atoms with Crippen LogP contribution >= 0.6 is 11.3 Å². The van der Waals surface area contributed by atoms with Crippen LogP contribution in [0, 0.1) is 0 Å². The number of hydrogen-bond donors (Lipinski definition) is 2. The van der Waals surface area contributed by atoms with Crippen molar-refractivity contribution in [3.05, 3.63) is 53.4 Å². The fourth-order valence-corrected chi connectivity index (χ4v) is 3.67. The number of aromatic carboxylic acids is 1. The molecule has 1 heterocycles. The number of ether oxygens (including phenoxy) is 2. The van der Waals surface area contributed by atoms with E-state index in [0.29, 0.717) is 41.5 Å². The lowest BCUT2D eigenvalue weighted by molar-refractivity contribution is 0.0693. The highest BCUT2D eigenvalue weighted by molar-refractivity contribution is 7.13. The maximum atomic E-state index is 11.4. The summed E-state index contributed by atoms with van der Waals surface area (Å²) in [6, 6.07) is 8.71. The molecule has 0 aliphatic heterocycles. The van der Waals surface area contributed by atoms with Crippen molar-refractivity contribution in [2.75, 3.05) is 13.2 Å². The molecule has 2 aromatic carbocycles. The minimum absolute atomic E-state index is 0.188. The molecule has 6 nitrogen and oxygen atoms in total. The first-order chi connectivity index (χ1) is 14.0. The molecule has 150 valence electrons. The molecule has 3 aromatic rings. The summed E-state index contributed by atoms with van der Waals surface area (Å²) in [5.74, 6) is -0.194. The van der Waals surface area contributed by atoms with Gasteiger partial charge < -0.3 is 19.7 Å². The van der Waals surface area contributed by atoms with Gasteiger partial charge in [-0.3, -0.25) is 0 Å². The molecule has 0 spiro atoms. The van der Waals surface area contributed by atoms with Gasteiger partial charge in [-0.1, -0.05) is 12.7 Å². The number of carboxylic acid groups (broad SMARTS) is 1. The highest BCUT2D eigenvalue weighted by Crippen LogP contribution is 2.37. The zero-order chi connectivity index (χ0) is 21.0. The smallest absolute Gasteiger partial charge is 0.339 e. The number of thiazole rings is 1. The van der Waals surface area contributed by atoms with Crippen molar-refractivity contribution in [3.8, 4) is 39.1 Å². The van der Waals surface area contributed by atoms with Crippen LogP contribution in [0.2, 0.25) is 0 Å². The number of carboxylic acids is 1. The highest BCUT2D eigenvalue weighted by atomic mass is 32.1. The van der Waals surface area contributed by atoms with E-state index >= 15 is 0 Å². The summed E-state index contributed by atoms with van der Waals surface area (Å²) in [5, 5.41) is 22.0. The Bertz CT molecular complexity index is 1060. The topological polar surface area (TPSA) is 88.9 Å². The molecule has 0 saturated heterocycles. The minimum Gasteiger partial charge on any atom is -0.506 e. The van der Waals surface area contributed by atoms with E-state index in [1.807, 2.05) is 37.4 Å². The van der Waals surface area contributed by atoms with Gasteiger partial charge in [0.15, 0.2) is 11.5 Å². The summed E-state index contributed by atoms with van der Waals surface area (Å²) >= 11 is 1.43. The van der Waals surface area contributed by atoms with Gasteiger partial charge in [0.2, 0.25) is 0 Å². The Balaban J connectivity index is 2.02. The van der Waals surface area contributed by atoms with Crippen LogP contribution in [0.3, 0.4) is 0 Å². The van der Waals surface area contributed by atoms with E-state index in [2.05, 4.69) is 11.6 Å². The predicted octanol–water partition coefficient (Wildman–Crippen LogP) is 5.32. The lowest BCUT2D eigenvalue weighted by Crippen LogP contribution is -1.99. The van der Waals surface area contributed by atoms with Crippen LogP contribution in [0.4, 0.5) is 0 Å². The Labute approximate surface area is 172 Å². The third-order valence-corrected chi connectivity index (χ3v) is 5.07. The van der Waals surface area contributed by atoms with Gasteiger partial charge in [-0.05, 0) is 44.2 Å². The van der Waals surface area contributed by atoms with Gasteiger partial charge in [-0.15, -0.1) is 11.3 Å². The largest absolute Gasteiger partial charge is 0.506 e. The van der Waals surface area contributed by atoms with Gasteiger partial charge in [0.1, 0.15) is 16.3 Å². The normalized spacial score (nSPS) is 10.6.